The summed E-state index contributed by atoms with van der Waals surface area (Å²) in [6.07, 6.45) is 1.21. The van der Waals surface area contributed by atoms with Gasteiger partial charge in [-0.15, -0.1) is 0 Å². The summed E-state index contributed by atoms with van der Waals surface area (Å²) in [5.74, 6) is 1.30. The summed E-state index contributed by atoms with van der Waals surface area (Å²) < 4.78 is 23.5. The lowest BCUT2D eigenvalue weighted by atomic mass is 10.1. The number of phenols is 1. The molecule has 110 valence electrons. The fourth-order valence-electron chi connectivity index (χ4n) is 2.11. The average molecular weight is 315 g/mol. The monoisotopic (exact) mass is 315 g/mol. The molecule has 1 heterocycles. The number of phenolic OH excluding ortho intramolecular Hbond substituents is 1. The molecule has 0 spiro atoms. The number of Topliss-reactive ketones (excluding diaryl/α,β-unsaturated/α-hetero) is 1. The Morgan fingerprint density at radius 2 is 2.05 bits per heavy atom. The van der Waals surface area contributed by atoms with E-state index in [9.17, 15) is 18.3 Å². The number of nitrogens with zero attached hydrogens (tertiary/aromatic N) is 1. The lowest BCUT2D eigenvalue weighted by Crippen LogP contribution is -2.48. The SMILES string of the molecule is CS(=O)(=O)C1CSCCN1CC(=O)c1ccc(O)cc1. The number of carbonyl (C=O) groups is 1. The molecule has 1 saturated heterocycles. The highest BCUT2D eigenvalue weighted by Gasteiger charge is 2.32. The highest BCUT2D eigenvalue weighted by atomic mass is 32.2. The Bertz CT molecular complexity index is 583. The maximum atomic E-state index is 12.2. The lowest BCUT2D eigenvalue weighted by Gasteiger charge is -2.33. The minimum Gasteiger partial charge on any atom is -0.508 e. The average Bonchev–Trinajstić information content (AvgIpc) is 2.38. The van der Waals surface area contributed by atoms with E-state index in [1.165, 1.54) is 18.4 Å². The van der Waals surface area contributed by atoms with Gasteiger partial charge in [-0.2, -0.15) is 11.8 Å². The lowest BCUT2D eigenvalue weighted by molar-refractivity contribution is 0.0928. The zero-order chi connectivity index (χ0) is 14.8. The highest BCUT2D eigenvalue weighted by Crippen LogP contribution is 2.21. The first-order valence-corrected chi connectivity index (χ1v) is 9.32. The molecule has 5 nitrogen and oxygen atoms in total. The molecule has 2 rings (SSSR count). The maximum absolute atomic E-state index is 12.2. The molecule has 20 heavy (non-hydrogen) atoms. The molecule has 0 aliphatic carbocycles. The standard InChI is InChI=1S/C13H17NO4S2/c1-20(17,18)13-9-19-7-6-14(13)8-12(16)10-2-4-11(15)5-3-10/h2-5,13,15H,6-9H2,1H3. The zero-order valence-electron chi connectivity index (χ0n) is 11.2. The molecule has 0 bridgehead atoms. The maximum Gasteiger partial charge on any atom is 0.176 e. The van der Waals surface area contributed by atoms with Crippen LogP contribution >= 0.6 is 11.8 Å². The van der Waals surface area contributed by atoms with Crippen molar-refractivity contribution in [3.05, 3.63) is 29.8 Å². The van der Waals surface area contributed by atoms with Crippen molar-refractivity contribution in [2.45, 2.75) is 5.37 Å². The van der Waals surface area contributed by atoms with E-state index in [-0.39, 0.29) is 18.1 Å². The number of benzene rings is 1. The molecule has 7 heteroatoms. The summed E-state index contributed by atoms with van der Waals surface area (Å²) in [7, 11) is -3.20. The Morgan fingerprint density at radius 3 is 2.65 bits per heavy atom. The van der Waals surface area contributed by atoms with Crippen molar-refractivity contribution in [3.63, 3.8) is 0 Å². The largest absolute Gasteiger partial charge is 0.508 e. The minimum absolute atomic E-state index is 0.0864. The van der Waals surface area contributed by atoms with E-state index in [1.807, 2.05) is 0 Å². The van der Waals surface area contributed by atoms with Crippen LogP contribution in [0.5, 0.6) is 5.75 Å². The van der Waals surface area contributed by atoms with E-state index in [0.717, 1.165) is 5.75 Å². The van der Waals surface area contributed by atoms with Crippen LogP contribution in [0, 0.1) is 0 Å². The molecule has 1 atom stereocenters. The van der Waals surface area contributed by atoms with Crippen molar-refractivity contribution in [2.24, 2.45) is 0 Å². The first-order chi connectivity index (χ1) is 9.38. The van der Waals surface area contributed by atoms with Crippen LogP contribution in [0.2, 0.25) is 0 Å². The molecule has 1 fully saturated rings. The second-order valence-corrected chi connectivity index (χ2v) is 8.15. The second-order valence-electron chi connectivity index (χ2n) is 4.80. The van der Waals surface area contributed by atoms with Crippen LogP contribution in [0.1, 0.15) is 10.4 Å². The van der Waals surface area contributed by atoms with Crippen molar-refractivity contribution in [3.8, 4) is 5.75 Å². The van der Waals surface area contributed by atoms with Gasteiger partial charge in [-0.1, -0.05) is 0 Å². The van der Waals surface area contributed by atoms with Crippen molar-refractivity contribution in [1.82, 2.24) is 4.90 Å². The number of hydrogen-bond acceptors (Lipinski definition) is 6. The fraction of sp³-hybridized carbons (Fsp3) is 0.462. The first kappa shape index (κ1) is 15.3. The molecule has 1 N–H and O–H groups in total. The molecule has 1 aliphatic heterocycles. The van der Waals surface area contributed by atoms with Gasteiger partial charge < -0.3 is 5.11 Å². The van der Waals surface area contributed by atoms with Crippen molar-refractivity contribution >= 4 is 27.4 Å². The molecule has 1 unspecified atom stereocenters. The van der Waals surface area contributed by atoms with Crippen molar-refractivity contribution < 1.29 is 18.3 Å². The van der Waals surface area contributed by atoms with Crippen LogP contribution in [-0.4, -0.2) is 60.4 Å². The Labute approximate surface area is 122 Å². The molecular formula is C13H17NO4S2. The van der Waals surface area contributed by atoms with Gasteiger partial charge in [0.1, 0.15) is 11.1 Å². The van der Waals surface area contributed by atoms with E-state index in [1.54, 1.807) is 28.8 Å². The first-order valence-electron chi connectivity index (χ1n) is 6.21. The highest BCUT2D eigenvalue weighted by molar-refractivity contribution is 8.00. The van der Waals surface area contributed by atoms with E-state index in [2.05, 4.69) is 0 Å². The third-order valence-electron chi connectivity index (χ3n) is 3.22. The molecule has 0 aromatic heterocycles. The van der Waals surface area contributed by atoms with Crippen LogP contribution in [-0.2, 0) is 9.84 Å². The normalized spacial score (nSPS) is 20.8. The molecule has 0 amide bonds. The molecule has 1 aliphatic rings. The number of ketones is 1. The molecular weight excluding hydrogens is 298 g/mol. The molecule has 0 saturated carbocycles. The van der Waals surface area contributed by atoms with Crippen molar-refractivity contribution in [2.75, 3.05) is 30.9 Å². The summed E-state index contributed by atoms with van der Waals surface area (Å²) in [4.78, 5) is 13.9. The van der Waals surface area contributed by atoms with Gasteiger partial charge in [-0.3, -0.25) is 9.69 Å². The Hall–Kier alpha value is -1.05. The smallest absolute Gasteiger partial charge is 0.176 e. The van der Waals surface area contributed by atoms with Crippen LogP contribution in [0.4, 0.5) is 0 Å². The van der Waals surface area contributed by atoms with E-state index < -0.39 is 15.2 Å². The summed E-state index contributed by atoms with van der Waals surface area (Å²) in [5, 5.41) is 8.61. The Kier molecular flexibility index (Phi) is 4.72. The third kappa shape index (κ3) is 3.74. The van der Waals surface area contributed by atoms with Gasteiger partial charge in [0, 0.05) is 29.9 Å². The summed E-state index contributed by atoms with van der Waals surface area (Å²) in [5.41, 5.74) is 0.480. The van der Waals surface area contributed by atoms with Gasteiger partial charge in [-0.25, -0.2) is 8.42 Å². The Morgan fingerprint density at radius 1 is 1.40 bits per heavy atom. The zero-order valence-corrected chi connectivity index (χ0v) is 12.8. The number of thioether (sulfide) groups is 1. The van der Waals surface area contributed by atoms with E-state index >= 15 is 0 Å². The van der Waals surface area contributed by atoms with Gasteiger partial charge in [0.05, 0.1) is 6.54 Å². The minimum atomic E-state index is -3.20. The number of sulfone groups is 1. The van der Waals surface area contributed by atoms with Crippen molar-refractivity contribution in [1.29, 1.82) is 0 Å². The van der Waals surface area contributed by atoms with E-state index in [0.29, 0.717) is 17.9 Å². The van der Waals surface area contributed by atoms with Crippen LogP contribution in [0.3, 0.4) is 0 Å². The van der Waals surface area contributed by atoms with Gasteiger partial charge in [0.25, 0.3) is 0 Å². The van der Waals surface area contributed by atoms with Crippen LogP contribution < -0.4 is 0 Å². The van der Waals surface area contributed by atoms with Gasteiger partial charge in [0.15, 0.2) is 15.6 Å². The summed E-state index contributed by atoms with van der Waals surface area (Å²) in [6.45, 7) is 0.676. The predicted molar refractivity (Wildman–Crippen MR) is 80.0 cm³/mol. The number of carbonyl (C=O) groups excluding carboxylic acids is 1. The Balaban J connectivity index is 2.11. The van der Waals surface area contributed by atoms with Gasteiger partial charge in [0.2, 0.25) is 0 Å². The number of aromatic hydroxyl groups is 1. The van der Waals surface area contributed by atoms with Gasteiger partial charge >= 0.3 is 0 Å². The summed E-state index contributed by atoms with van der Waals surface area (Å²) in [6, 6.07) is 6.00. The summed E-state index contributed by atoms with van der Waals surface area (Å²) >= 11 is 1.59. The van der Waals surface area contributed by atoms with E-state index in [4.69, 9.17) is 0 Å². The molecule has 1 aromatic rings. The molecule has 0 radical (unpaired) electrons. The topological polar surface area (TPSA) is 74.7 Å². The number of hydrogen-bond donors (Lipinski definition) is 1. The second kappa shape index (κ2) is 6.15. The van der Waals surface area contributed by atoms with Crippen LogP contribution in [0.15, 0.2) is 24.3 Å². The quantitative estimate of drug-likeness (QED) is 0.835. The number of rotatable bonds is 4. The third-order valence-corrected chi connectivity index (χ3v) is 5.91. The fourth-order valence-corrected chi connectivity index (χ4v) is 5.06. The van der Waals surface area contributed by atoms with Gasteiger partial charge in [-0.05, 0) is 24.3 Å². The predicted octanol–water partition coefficient (Wildman–Crippen LogP) is 0.994. The van der Waals surface area contributed by atoms with Crippen LogP contribution in [0.25, 0.3) is 0 Å². The molecule has 1 aromatic carbocycles.